The molecule has 2 aromatic carbocycles. The Morgan fingerprint density at radius 1 is 1.20 bits per heavy atom. The van der Waals surface area contributed by atoms with Crippen LogP contribution in [0.15, 0.2) is 36.4 Å². The number of halogens is 2. The van der Waals surface area contributed by atoms with Gasteiger partial charge >= 0.3 is 5.97 Å². The minimum Gasteiger partial charge on any atom is -0.452 e. The maximum absolute atomic E-state index is 11.9. The summed E-state index contributed by atoms with van der Waals surface area (Å²) in [5.41, 5.74) is 0.672. The fraction of sp³-hybridized carbons (Fsp3) is 0.125. The van der Waals surface area contributed by atoms with Gasteiger partial charge in [-0.3, -0.25) is 14.9 Å². The highest BCUT2D eigenvalue weighted by molar-refractivity contribution is 6.32. The second-order valence-corrected chi connectivity index (χ2v) is 5.77. The van der Waals surface area contributed by atoms with Crippen LogP contribution in [0.25, 0.3) is 0 Å². The van der Waals surface area contributed by atoms with Gasteiger partial charge in [-0.2, -0.15) is 0 Å². The number of benzene rings is 2. The number of ether oxygens (including phenoxy) is 1. The van der Waals surface area contributed by atoms with E-state index in [4.69, 9.17) is 27.9 Å². The van der Waals surface area contributed by atoms with Crippen LogP contribution in [0.3, 0.4) is 0 Å². The number of carbonyl (C=O) groups is 2. The molecular weight excluding hydrogens is 371 g/mol. The van der Waals surface area contributed by atoms with Crippen molar-refractivity contribution in [1.29, 1.82) is 0 Å². The summed E-state index contributed by atoms with van der Waals surface area (Å²) >= 11 is 11.6. The van der Waals surface area contributed by atoms with Gasteiger partial charge in [0.05, 0.1) is 10.5 Å². The highest BCUT2D eigenvalue weighted by Crippen LogP contribution is 2.25. The van der Waals surface area contributed by atoms with Crippen LogP contribution in [0, 0.1) is 17.0 Å². The van der Waals surface area contributed by atoms with Gasteiger partial charge in [-0.05, 0) is 36.8 Å². The van der Waals surface area contributed by atoms with Crippen molar-refractivity contribution in [1.82, 2.24) is 0 Å². The van der Waals surface area contributed by atoms with E-state index in [-0.39, 0.29) is 10.6 Å². The Hall–Kier alpha value is -2.64. The number of nitrogens with one attached hydrogen (secondary N) is 1. The number of rotatable bonds is 5. The maximum atomic E-state index is 11.9. The van der Waals surface area contributed by atoms with E-state index in [9.17, 15) is 19.7 Å². The minimum absolute atomic E-state index is 0.0807. The lowest BCUT2D eigenvalue weighted by Gasteiger charge is -2.10. The number of hydrogen-bond donors (Lipinski definition) is 1. The number of hydrogen-bond acceptors (Lipinski definition) is 5. The topological polar surface area (TPSA) is 98.5 Å². The first kappa shape index (κ1) is 18.7. The molecule has 25 heavy (non-hydrogen) atoms. The summed E-state index contributed by atoms with van der Waals surface area (Å²) in [6, 6.07) is 8.49. The lowest BCUT2D eigenvalue weighted by atomic mass is 10.2. The van der Waals surface area contributed by atoms with Crippen LogP contribution in [-0.4, -0.2) is 23.4 Å². The molecule has 0 aliphatic carbocycles. The smallest absolute Gasteiger partial charge is 0.338 e. The van der Waals surface area contributed by atoms with E-state index in [0.717, 1.165) is 6.07 Å². The van der Waals surface area contributed by atoms with E-state index in [0.29, 0.717) is 16.3 Å². The van der Waals surface area contributed by atoms with Crippen molar-refractivity contribution in [3.8, 4) is 0 Å². The normalized spacial score (nSPS) is 10.2. The monoisotopic (exact) mass is 382 g/mol. The third-order valence-corrected chi connectivity index (χ3v) is 3.98. The van der Waals surface area contributed by atoms with E-state index in [2.05, 4.69) is 5.32 Å². The molecule has 0 radical (unpaired) electrons. The summed E-state index contributed by atoms with van der Waals surface area (Å²) in [6.07, 6.45) is 0. The summed E-state index contributed by atoms with van der Waals surface area (Å²) in [4.78, 5) is 33.9. The Morgan fingerprint density at radius 2 is 1.92 bits per heavy atom. The van der Waals surface area contributed by atoms with Crippen LogP contribution in [0.2, 0.25) is 10.0 Å². The van der Waals surface area contributed by atoms with Gasteiger partial charge in [0.1, 0.15) is 5.02 Å². The summed E-state index contributed by atoms with van der Waals surface area (Å²) in [6.45, 7) is 1.18. The van der Waals surface area contributed by atoms with Crippen molar-refractivity contribution in [2.45, 2.75) is 6.92 Å². The molecule has 2 rings (SSSR count). The van der Waals surface area contributed by atoms with Crippen molar-refractivity contribution in [2.75, 3.05) is 11.9 Å². The van der Waals surface area contributed by atoms with Crippen molar-refractivity contribution in [3.63, 3.8) is 0 Å². The minimum atomic E-state index is -0.877. The van der Waals surface area contributed by atoms with Gasteiger partial charge < -0.3 is 10.1 Å². The number of nitro benzene ring substituents is 1. The molecule has 7 nitrogen and oxygen atoms in total. The highest BCUT2D eigenvalue weighted by atomic mass is 35.5. The Balaban J connectivity index is 2.00. The average molecular weight is 383 g/mol. The first-order valence-electron chi connectivity index (χ1n) is 6.95. The molecule has 0 unspecified atom stereocenters. The summed E-state index contributed by atoms with van der Waals surface area (Å²) in [7, 11) is 0. The molecular formula is C16H12Cl2N2O5. The van der Waals surface area contributed by atoms with E-state index in [1.807, 2.05) is 0 Å². The van der Waals surface area contributed by atoms with E-state index >= 15 is 0 Å². The lowest BCUT2D eigenvalue weighted by Crippen LogP contribution is -2.21. The molecule has 0 aliphatic rings. The van der Waals surface area contributed by atoms with Gasteiger partial charge in [-0.25, -0.2) is 4.79 Å². The van der Waals surface area contributed by atoms with Gasteiger partial charge in [0.15, 0.2) is 6.61 Å². The summed E-state index contributed by atoms with van der Waals surface area (Å²) in [5, 5.41) is 13.8. The summed E-state index contributed by atoms with van der Waals surface area (Å²) < 4.78 is 4.86. The Bertz CT molecular complexity index is 854. The number of nitro groups is 1. The van der Waals surface area contributed by atoms with Crippen LogP contribution in [0.1, 0.15) is 15.9 Å². The average Bonchev–Trinajstić information content (AvgIpc) is 2.57. The molecule has 0 saturated heterocycles. The van der Waals surface area contributed by atoms with Crippen LogP contribution in [0.5, 0.6) is 0 Å². The number of carbonyl (C=O) groups excluding carboxylic acids is 2. The molecule has 0 heterocycles. The van der Waals surface area contributed by atoms with Crippen LogP contribution < -0.4 is 5.32 Å². The van der Waals surface area contributed by atoms with Gasteiger partial charge in [0, 0.05) is 16.8 Å². The zero-order valence-corrected chi connectivity index (χ0v) is 14.4. The zero-order valence-electron chi connectivity index (χ0n) is 12.9. The maximum Gasteiger partial charge on any atom is 0.338 e. The number of anilines is 1. The quantitative estimate of drug-likeness (QED) is 0.478. The zero-order chi connectivity index (χ0) is 18.6. The second-order valence-electron chi connectivity index (χ2n) is 4.96. The Labute approximate surface area is 152 Å². The molecule has 0 aliphatic heterocycles. The molecule has 1 N–H and O–H groups in total. The van der Waals surface area contributed by atoms with Gasteiger partial charge in [-0.15, -0.1) is 0 Å². The second kappa shape index (κ2) is 7.96. The third kappa shape index (κ3) is 4.68. The van der Waals surface area contributed by atoms with Crippen molar-refractivity contribution in [3.05, 3.63) is 67.7 Å². The molecule has 9 heteroatoms. The molecule has 130 valence electrons. The fourth-order valence-electron chi connectivity index (χ4n) is 1.92. The van der Waals surface area contributed by atoms with Crippen molar-refractivity contribution >= 4 is 46.5 Å². The molecule has 0 fully saturated rings. The van der Waals surface area contributed by atoms with Crippen LogP contribution >= 0.6 is 23.2 Å². The van der Waals surface area contributed by atoms with E-state index in [1.54, 1.807) is 25.1 Å². The molecule has 0 atom stereocenters. The molecule has 0 aromatic heterocycles. The van der Waals surface area contributed by atoms with Gasteiger partial charge in [0.25, 0.3) is 11.6 Å². The molecule has 0 bridgehead atoms. The van der Waals surface area contributed by atoms with E-state index in [1.165, 1.54) is 12.1 Å². The predicted molar refractivity (Wildman–Crippen MR) is 93.2 cm³/mol. The highest BCUT2D eigenvalue weighted by Gasteiger charge is 2.18. The Kier molecular flexibility index (Phi) is 5.95. The standard InChI is InChI=1S/C16H12Cl2N2O5/c1-9-11(17)3-2-4-13(9)19-15(21)8-25-16(22)10-5-6-12(18)14(7-10)20(23)24/h2-7H,8H2,1H3,(H,19,21). The molecule has 0 saturated carbocycles. The Morgan fingerprint density at radius 3 is 2.60 bits per heavy atom. The van der Waals surface area contributed by atoms with Gasteiger partial charge in [-0.1, -0.05) is 29.3 Å². The number of esters is 1. The largest absolute Gasteiger partial charge is 0.452 e. The number of nitrogens with zero attached hydrogens (tertiary/aromatic N) is 1. The van der Waals surface area contributed by atoms with Crippen LogP contribution in [-0.2, 0) is 9.53 Å². The molecule has 2 aromatic rings. The van der Waals surface area contributed by atoms with Gasteiger partial charge in [0.2, 0.25) is 0 Å². The third-order valence-electron chi connectivity index (χ3n) is 3.25. The van der Waals surface area contributed by atoms with Crippen molar-refractivity contribution < 1.29 is 19.2 Å². The number of amides is 1. The van der Waals surface area contributed by atoms with Crippen LogP contribution in [0.4, 0.5) is 11.4 Å². The molecule has 0 spiro atoms. The summed E-state index contributed by atoms with van der Waals surface area (Å²) in [5.74, 6) is -1.44. The first-order chi connectivity index (χ1) is 11.8. The lowest BCUT2D eigenvalue weighted by molar-refractivity contribution is -0.384. The van der Waals surface area contributed by atoms with Crippen molar-refractivity contribution in [2.24, 2.45) is 0 Å². The SMILES string of the molecule is Cc1c(Cl)cccc1NC(=O)COC(=O)c1ccc(Cl)c([N+](=O)[O-])c1. The predicted octanol–water partition coefficient (Wildman–Crippen LogP) is 4.01. The molecule has 1 amide bonds. The fourth-order valence-corrected chi connectivity index (χ4v) is 2.28. The first-order valence-corrected chi connectivity index (χ1v) is 7.71. The van der Waals surface area contributed by atoms with E-state index < -0.39 is 29.1 Å².